The SMILES string of the molecule is O=C(CN1CC(=O)Oc2ccc(Cl)cc21)Nc1ccc(F)cc1F. The number of benzene rings is 2. The van der Waals surface area contributed by atoms with Crippen molar-refractivity contribution >= 4 is 34.9 Å². The van der Waals surface area contributed by atoms with Crippen LogP contribution in [0.25, 0.3) is 0 Å². The molecule has 124 valence electrons. The molecule has 1 aliphatic rings. The van der Waals surface area contributed by atoms with Gasteiger partial charge >= 0.3 is 5.97 Å². The summed E-state index contributed by atoms with van der Waals surface area (Å²) in [7, 11) is 0. The van der Waals surface area contributed by atoms with Crippen LogP contribution in [0.15, 0.2) is 36.4 Å². The van der Waals surface area contributed by atoms with Gasteiger partial charge in [0.05, 0.1) is 17.9 Å². The van der Waals surface area contributed by atoms with Crippen molar-refractivity contribution in [1.82, 2.24) is 0 Å². The van der Waals surface area contributed by atoms with Crippen molar-refractivity contribution in [3.8, 4) is 5.75 Å². The fourth-order valence-electron chi connectivity index (χ4n) is 2.31. The number of rotatable bonds is 3. The predicted molar refractivity (Wildman–Crippen MR) is 84.3 cm³/mol. The van der Waals surface area contributed by atoms with E-state index in [1.54, 1.807) is 12.1 Å². The Morgan fingerprint density at radius 3 is 2.79 bits per heavy atom. The monoisotopic (exact) mass is 352 g/mol. The summed E-state index contributed by atoms with van der Waals surface area (Å²) in [5.41, 5.74) is 0.337. The molecule has 2 aromatic carbocycles. The molecule has 0 unspecified atom stereocenters. The molecular formula is C16H11ClF2N2O3. The maximum atomic E-state index is 13.6. The van der Waals surface area contributed by atoms with Crippen LogP contribution >= 0.6 is 11.6 Å². The summed E-state index contributed by atoms with van der Waals surface area (Å²) < 4.78 is 31.5. The summed E-state index contributed by atoms with van der Waals surface area (Å²) in [6.07, 6.45) is 0. The van der Waals surface area contributed by atoms with E-state index in [4.69, 9.17) is 16.3 Å². The van der Waals surface area contributed by atoms with Gasteiger partial charge in [-0.25, -0.2) is 13.6 Å². The molecule has 2 aromatic rings. The molecule has 0 aliphatic carbocycles. The average molecular weight is 353 g/mol. The lowest BCUT2D eigenvalue weighted by atomic mass is 10.2. The Balaban J connectivity index is 1.77. The maximum absolute atomic E-state index is 13.6. The van der Waals surface area contributed by atoms with E-state index in [1.807, 2.05) is 0 Å². The molecule has 8 heteroatoms. The number of nitrogens with one attached hydrogen (secondary N) is 1. The van der Waals surface area contributed by atoms with Crippen LogP contribution in [-0.2, 0) is 9.59 Å². The Kier molecular flexibility index (Phi) is 4.35. The second-order valence-electron chi connectivity index (χ2n) is 5.11. The van der Waals surface area contributed by atoms with Gasteiger partial charge in [0.1, 0.15) is 18.2 Å². The largest absolute Gasteiger partial charge is 0.423 e. The van der Waals surface area contributed by atoms with Gasteiger partial charge in [0.25, 0.3) is 0 Å². The fraction of sp³-hybridized carbons (Fsp3) is 0.125. The smallest absolute Gasteiger partial charge is 0.331 e. The van der Waals surface area contributed by atoms with E-state index in [-0.39, 0.29) is 24.5 Å². The van der Waals surface area contributed by atoms with E-state index in [1.165, 1.54) is 11.0 Å². The van der Waals surface area contributed by atoms with E-state index in [9.17, 15) is 18.4 Å². The zero-order valence-electron chi connectivity index (χ0n) is 12.2. The summed E-state index contributed by atoms with van der Waals surface area (Å²) in [5, 5.41) is 2.76. The predicted octanol–water partition coefficient (Wildman–Crippen LogP) is 2.98. The van der Waals surface area contributed by atoms with Gasteiger partial charge in [-0.15, -0.1) is 0 Å². The second kappa shape index (κ2) is 6.45. The summed E-state index contributed by atoms with van der Waals surface area (Å²) in [5.74, 6) is -2.43. The summed E-state index contributed by atoms with van der Waals surface area (Å²) in [6.45, 7) is -0.369. The second-order valence-corrected chi connectivity index (χ2v) is 5.55. The van der Waals surface area contributed by atoms with Gasteiger partial charge in [0, 0.05) is 11.1 Å². The number of anilines is 2. The third-order valence-electron chi connectivity index (χ3n) is 3.35. The van der Waals surface area contributed by atoms with Crippen LogP contribution in [0, 0.1) is 11.6 Å². The molecule has 0 saturated heterocycles. The molecule has 0 fully saturated rings. The number of carbonyl (C=O) groups is 2. The molecule has 24 heavy (non-hydrogen) atoms. The Labute approximate surface area is 140 Å². The van der Waals surface area contributed by atoms with Crippen LogP contribution in [0.5, 0.6) is 5.75 Å². The normalized spacial score (nSPS) is 13.3. The first-order chi connectivity index (χ1) is 11.4. The van der Waals surface area contributed by atoms with E-state index in [0.717, 1.165) is 12.1 Å². The molecule has 0 bridgehead atoms. The first-order valence-electron chi connectivity index (χ1n) is 6.92. The number of amides is 1. The Morgan fingerprint density at radius 2 is 2.04 bits per heavy atom. The zero-order chi connectivity index (χ0) is 17.3. The van der Waals surface area contributed by atoms with Crippen molar-refractivity contribution in [2.75, 3.05) is 23.3 Å². The molecule has 1 heterocycles. The highest BCUT2D eigenvalue weighted by atomic mass is 35.5. The Hall–Kier alpha value is -2.67. The highest BCUT2D eigenvalue weighted by Crippen LogP contribution is 2.34. The van der Waals surface area contributed by atoms with Crippen molar-refractivity contribution in [2.24, 2.45) is 0 Å². The minimum Gasteiger partial charge on any atom is -0.423 e. The minimum atomic E-state index is -0.884. The number of hydrogen-bond donors (Lipinski definition) is 1. The number of carbonyl (C=O) groups excluding carboxylic acids is 2. The van der Waals surface area contributed by atoms with Crippen molar-refractivity contribution < 1.29 is 23.1 Å². The van der Waals surface area contributed by atoms with Gasteiger partial charge in [0.2, 0.25) is 5.91 Å². The summed E-state index contributed by atoms with van der Waals surface area (Å²) in [6, 6.07) is 7.48. The lowest BCUT2D eigenvalue weighted by Gasteiger charge is -2.29. The average Bonchev–Trinajstić information content (AvgIpc) is 2.51. The van der Waals surface area contributed by atoms with Crippen molar-refractivity contribution in [2.45, 2.75) is 0 Å². The Bertz CT molecular complexity index is 829. The van der Waals surface area contributed by atoms with E-state index in [2.05, 4.69) is 5.32 Å². The number of esters is 1. The van der Waals surface area contributed by atoms with E-state index < -0.39 is 23.5 Å². The van der Waals surface area contributed by atoms with Gasteiger partial charge in [0.15, 0.2) is 5.75 Å². The molecule has 1 aliphatic heterocycles. The number of halogens is 3. The molecule has 1 amide bonds. The fourth-order valence-corrected chi connectivity index (χ4v) is 2.48. The van der Waals surface area contributed by atoms with Crippen molar-refractivity contribution in [3.05, 3.63) is 53.1 Å². The van der Waals surface area contributed by atoms with Crippen LogP contribution in [0.2, 0.25) is 5.02 Å². The third-order valence-corrected chi connectivity index (χ3v) is 3.58. The zero-order valence-corrected chi connectivity index (χ0v) is 12.9. The van der Waals surface area contributed by atoms with E-state index in [0.29, 0.717) is 16.8 Å². The van der Waals surface area contributed by atoms with Crippen molar-refractivity contribution in [1.29, 1.82) is 0 Å². The highest BCUT2D eigenvalue weighted by Gasteiger charge is 2.26. The van der Waals surface area contributed by atoms with Gasteiger partial charge in [-0.05, 0) is 30.3 Å². The number of hydrogen-bond acceptors (Lipinski definition) is 4. The highest BCUT2D eigenvalue weighted by molar-refractivity contribution is 6.31. The quantitative estimate of drug-likeness (QED) is 0.681. The summed E-state index contributed by atoms with van der Waals surface area (Å²) >= 11 is 5.93. The molecule has 0 radical (unpaired) electrons. The number of fused-ring (bicyclic) bond motifs is 1. The molecule has 0 atom stereocenters. The van der Waals surface area contributed by atoms with Crippen LogP contribution < -0.4 is 15.0 Å². The summed E-state index contributed by atoms with van der Waals surface area (Å²) in [4.78, 5) is 25.2. The number of ether oxygens (including phenoxy) is 1. The molecular weight excluding hydrogens is 342 g/mol. The van der Waals surface area contributed by atoms with Crippen LogP contribution in [0.3, 0.4) is 0 Å². The van der Waals surface area contributed by atoms with Gasteiger partial charge in [-0.3, -0.25) is 4.79 Å². The van der Waals surface area contributed by atoms with E-state index >= 15 is 0 Å². The lowest BCUT2D eigenvalue weighted by molar-refractivity contribution is -0.133. The first-order valence-corrected chi connectivity index (χ1v) is 7.30. The van der Waals surface area contributed by atoms with Gasteiger partial charge in [-0.2, -0.15) is 0 Å². The molecule has 1 N–H and O–H groups in total. The van der Waals surface area contributed by atoms with Crippen LogP contribution in [-0.4, -0.2) is 25.0 Å². The molecule has 3 rings (SSSR count). The lowest BCUT2D eigenvalue weighted by Crippen LogP contribution is -2.41. The van der Waals surface area contributed by atoms with Crippen LogP contribution in [0.1, 0.15) is 0 Å². The third kappa shape index (κ3) is 3.46. The van der Waals surface area contributed by atoms with Gasteiger partial charge < -0.3 is 15.0 Å². The molecule has 0 saturated carbocycles. The topological polar surface area (TPSA) is 58.6 Å². The Morgan fingerprint density at radius 1 is 1.25 bits per heavy atom. The molecule has 0 aromatic heterocycles. The van der Waals surface area contributed by atoms with Crippen LogP contribution in [0.4, 0.5) is 20.2 Å². The minimum absolute atomic E-state index is 0.146. The maximum Gasteiger partial charge on any atom is 0.331 e. The number of nitrogens with zero attached hydrogens (tertiary/aromatic N) is 1. The molecule has 5 nitrogen and oxygen atoms in total. The first kappa shape index (κ1) is 16.2. The standard InChI is InChI=1S/C16H11ClF2N2O3/c17-9-1-4-14-13(5-9)21(8-16(23)24-14)7-15(22)20-12-3-2-10(18)6-11(12)19/h1-6H,7-8H2,(H,20,22). The van der Waals surface area contributed by atoms with Gasteiger partial charge in [-0.1, -0.05) is 11.6 Å². The molecule has 0 spiro atoms. The van der Waals surface area contributed by atoms with Crippen molar-refractivity contribution in [3.63, 3.8) is 0 Å².